The van der Waals surface area contributed by atoms with Crippen LogP contribution in [0.15, 0.2) is 36.7 Å². The second kappa shape index (κ2) is 4.00. The molecule has 0 amide bonds. The van der Waals surface area contributed by atoms with Gasteiger partial charge >= 0.3 is 0 Å². The topological polar surface area (TPSA) is 29.9 Å². The molecule has 0 aliphatic carbocycles. The van der Waals surface area contributed by atoms with Crippen LogP contribution in [0.25, 0.3) is 5.69 Å². The standard InChI is InChI=1S/C10H10IN3/c1-12-10-13-6-7-14(10)9-4-2-8(11)3-5-9/h2-7H,1H3,(H,12,13). The zero-order chi connectivity index (χ0) is 9.97. The third-order valence-electron chi connectivity index (χ3n) is 1.97. The van der Waals surface area contributed by atoms with Crippen molar-refractivity contribution in [2.75, 3.05) is 12.4 Å². The summed E-state index contributed by atoms with van der Waals surface area (Å²) in [7, 11) is 1.87. The average molecular weight is 299 g/mol. The Hall–Kier alpha value is -1.04. The Kier molecular flexibility index (Phi) is 2.72. The number of aromatic nitrogens is 2. The summed E-state index contributed by atoms with van der Waals surface area (Å²) in [6.45, 7) is 0. The van der Waals surface area contributed by atoms with E-state index in [2.05, 4.69) is 57.2 Å². The summed E-state index contributed by atoms with van der Waals surface area (Å²) in [6.07, 6.45) is 3.72. The molecule has 72 valence electrons. The van der Waals surface area contributed by atoms with E-state index in [-0.39, 0.29) is 0 Å². The van der Waals surface area contributed by atoms with Gasteiger partial charge in [0.2, 0.25) is 5.95 Å². The molecule has 0 spiro atoms. The largest absolute Gasteiger partial charge is 0.358 e. The van der Waals surface area contributed by atoms with Gasteiger partial charge in [-0.2, -0.15) is 0 Å². The van der Waals surface area contributed by atoms with Crippen molar-refractivity contribution in [1.82, 2.24) is 9.55 Å². The lowest BCUT2D eigenvalue weighted by atomic mass is 10.3. The van der Waals surface area contributed by atoms with Gasteiger partial charge in [0.25, 0.3) is 0 Å². The van der Waals surface area contributed by atoms with E-state index in [4.69, 9.17) is 0 Å². The highest BCUT2D eigenvalue weighted by Crippen LogP contribution is 2.15. The third-order valence-corrected chi connectivity index (χ3v) is 2.69. The fraction of sp³-hybridized carbons (Fsp3) is 0.100. The Morgan fingerprint density at radius 2 is 2.00 bits per heavy atom. The summed E-state index contributed by atoms with van der Waals surface area (Å²) in [5.41, 5.74) is 1.12. The second-order valence-corrected chi connectivity index (χ2v) is 4.09. The molecule has 0 aliphatic heterocycles. The lowest BCUT2D eigenvalue weighted by Gasteiger charge is -2.06. The van der Waals surface area contributed by atoms with Gasteiger partial charge in [-0.15, -0.1) is 0 Å². The molecule has 2 aromatic rings. The maximum Gasteiger partial charge on any atom is 0.207 e. The Balaban J connectivity index is 2.44. The van der Waals surface area contributed by atoms with E-state index in [1.807, 2.05) is 17.8 Å². The Morgan fingerprint density at radius 3 is 2.64 bits per heavy atom. The molecule has 1 heterocycles. The molecule has 0 atom stereocenters. The van der Waals surface area contributed by atoms with Crippen LogP contribution < -0.4 is 5.32 Å². The Labute approximate surface area is 96.3 Å². The van der Waals surface area contributed by atoms with Crippen LogP contribution in [0.4, 0.5) is 5.95 Å². The number of hydrogen-bond acceptors (Lipinski definition) is 2. The molecule has 0 aliphatic rings. The molecular formula is C10H10IN3. The lowest BCUT2D eigenvalue weighted by Crippen LogP contribution is -2.00. The maximum atomic E-state index is 4.18. The third kappa shape index (κ3) is 1.75. The first kappa shape index (κ1) is 9.51. The van der Waals surface area contributed by atoms with E-state index in [0.717, 1.165) is 11.6 Å². The monoisotopic (exact) mass is 299 g/mol. The van der Waals surface area contributed by atoms with Crippen LogP contribution in [-0.4, -0.2) is 16.6 Å². The minimum atomic E-state index is 0.853. The van der Waals surface area contributed by atoms with Crippen LogP contribution in [0.5, 0.6) is 0 Å². The van der Waals surface area contributed by atoms with E-state index < -0.39 is 0 Å². The summed E-state index contributed by atoms with van der Waals surface area (Å²) in [5, 5.41) is 3.04. The van der Waals surface area contributed by atoms with Gasteiger partial charge in [0.15, 0.2) is 0 Å². The van der Waals surface area contributed by atoms with E-state index >= 15 is 0 Å². The molecule has 3 nitrogen and oxygen atoms in total. The number of nitrogens with one attached hydrogen (secondary N) is 1. The number of anilines is 1. The SMILES string of the molecule is CNc1nccn1-c1ccc(I)cc1. The highest BCUT2D eigenvalue weighted by molar-refractivity contribution is 14.1. The molecule has 1 aromatic heterocycles. The molecule has 1 aromatic carbocycles. The number of imidazole rings is 1. The van der Waals surface area contributed by atoms with E-state index in [1.54, 1.807) is 6.20 Å². The smallest absolute Gasteiger partial charge is 0.207 e. The lowest BCUT2D eigenvalue weighted by molar-refractivity contribution is 1.05. The number of halogens is 1. The van der Waals surface area contributed by atoms with Crippen molar-refractivity contribution in [3.63, 3.8) is 0 Å². The quantitative estimate of drug-likeness (QED) is 0.864. The summed E-state index contributed by atoms with van der Waals surface area (Å²) in [6, 6.07) is 8.30. The molecule has 0 fully saturated rings. The molecular weight excluding hydrogens is 289 g/mol. The van der Waals surface area contributed by atoms with Crippen LogP contribution in [0.2, 0.25) is 0 Å². The van der Waals surface area contributed by atoms with Crippen molar-refractivity contribution < 1.29 is 0 Å². The summed E-state index contributed by atoms with van der Waals surface area (Å²) < 4.78 is 3.24. The van der Waals surface area contributed by atoms with Crippen molar-refractivity contribution in [2.24, 2.45) is 0 Å². The zero-order valence-electron chi connectivity index (χ0n) is 7.74. The number of nitrogens with zero attached hydrogens (tertiary/aromatic N) is 2. The minimum Gasteiger partial charge on any atom is -0.358 e. The molecule has 0 bridgehead atoms. The van der Waals surface area contributed by atoms with E-state index in [0.29, 0.717) is 0 Å². The van der Waals surface area contributed by atoms with Gasteiger partial charge in [-0.25, -0.2) is 4.98 Å². The fourth-order valence-electron chi connectivity index (χ4n) is 1.30. The van der Waals surface area contributed by atoms with Gasteiger partial charge in [-0.3, -0.25) is 4.57 Å². The van der Waals surface area contributed by atoms with Gasteiger partial charge in [0.1, 0.15) is 0 Å². The van der Waals surface area contributed by atoms with Crippen LogP contribution in [-0.2, 0) is 0 Å². The van der Waals surface area contributed by atoms with Crippen LogP contribution in [0.3, 0.4) is 0 Å². The minimum absolute atomic E-state index is 0.853. The molecule has 2 rings (SSSR count). The second-order valence-electron chi connectivity index (χ2n) is 2.85. The van der Waals surface area contributed by atoms with Crippen molar-refractivity contribution >= 4 is 28.5 Å². The van der Waals surface area contributed by atoms with Crippen molar-refractivity contribution in [2.45, 2.75) is 0 Å². The molecule has 0 radical (unpaired) electrons. The predicted octanol–water partition coefficient (Wildman–Crippen LogP) is 2.52. The Bertz CT molecular complexity index is 419. The molecule has 0 saturated heterocycles. The molecule has 4 heteroatoms. The number of rotatable bonds is 2. The molecule has 1 N–H and O–H groups in total. The van der Waals surface area contributed by atoms with Crippen molar-refractivity contribution in [3.8, 4) is 5.69 Å². The van der Waals surface area contributed by atoms with E-state index in [9.17, 15) is 0 Å². The maximum absolute atomic E-state index is 4.18. The predicted molar refractivity (Wildman–Crippen MR) is 65.8 cm³/mol. The number of benzene rings is 1. The van der Waals surface area contributed by atoms with Gasteiger partial charge < -0.3 is 5.32 Å². The van der Waals surface area contributed by atoms with Gasteiger partial charge in [0.05, 0.1) is 0 Å². The summed E-state index contributed by atoms with van der Waals surface area (Å²) in [4.78, 5) is 4.18. The summed E-state index contributed by atoms with van der Waals surface area (Å²) in [5.74, 6) is 0.853. The Morgan fingerprint density at radius 1 is 1.29 bits per heavy atom. The van der Waals surface area contributed by atoms with E-state index in [1.165, 1.54) is 3.57 Å². The molecule has 14 heavy (non-hydrogen) atoms. The highest BCUT2D eigenvalue weighted by Gasteiger charge is 2.01. The molecule has 0 unspecified atom stereocenters. The van der Waals surface area contributed by atoms with Crippen LogP contribution >= 0.6 is 22.6 Å². The fourth-order valence-corrected chi connectivity index (χ4v) is 1.66. The normalized spacial score (nSPS) is 10.1. The van der Waals surface area contributed by atoms with Crippen molar-refractivity contribution in [1.29, 1.82) is 0 Å². The van der Waals surface area contributed by atoms with Crippen LogP contribution in [0.1, 0.15) is 0 Å². The molecule has 0 saturated carbocycles. The highest BCUT2D eigenvalue weighted by atomic mass is 127. The zero-order valence-corrected chi connectivity index (χ0v) is 9.89. The number of hydrogen-bond donors (Lipinski definition) is 1. The van der Waals surface area contributed by atoms with Gasteiger partial charge in [-0.05, 0) is 46.9 Å². The van der Waals surface area contributed by atoms with Crippen molar-refractivity contribution in [3.05, 3.63) is 40.2 Å². The van der Waals surface area contributed by atoms with Gasteiger partial charge in [-0.1, -0.05) is 0 Å². The van der Waals surface area contributed by atoms with Crippen LogP contribution in [0, 0.1) is 3.57 Å². The first-order valence-corrected chi connectivity index (χ1v) is 5.36. The first-order chi connectivity index (χ1) is 6.81. The summed E-state index contributed by atoms with van der Waals surface area (Å²) >= 11 is 2.29. The van der Waals surface area contributed by atoms with Gasteiger partial charge in [0, 0.05) is 28.7 Å². The first-order valence-electron chi connectivity index (χ1n) is 4.28. The average Bonchev–Trinajstić information content (AvgIpc) is 2.67.